The fourth-order valence-electron chi connectivity index (χ4n) is 3.58. The van der Waals surface area contributed by atoms with Gasteiger partial charge in [0.15, 0.2) is 0 Å². The first-order chi connectivity index (χ1) is 13.1. The summed E-state index contributed by atoms with van der Waals surface area (Å²) in [7, 11) is 1.60. The van der Waals surface area contributed by atoms with Gasteiger partial charge in [0.25, 0.3) is 5.91 Å². The fraction of sp³-hybridized carbons (Fsp3) is 0.526. The number of carbonyl (C=O) groups excluding carboxylic acids is 3. The van der Waals surface area contributed by atoms with Crippen LogP contribution in [0, 0.1) is 0 Å². The highest BCUT2D eigenvalue weighted by Crippen LogP contribution is 2.26. The lowest BCUT2D eigenvalue weighted by atomic mass is 10.0. The van der Waals surface area contributed by atoms with E-state index in [0.717, 1.165) is 25.9 Å². The lowest BCUT2D eigenvalue weighted by Gasteiger charge is -2.35. The first-order valence-electron chi connectivity index (χ1n) is 9.26. The number of rotatable bonds is 7. The number of nitrogens with zero attached hydrogens (tertiary/aromatic N) is 3. The molecule has 0 unspecified atom stereocenters. The molecule has 4 amide bonds. The number of amides is 4. The van der Waals surface area contributed by atoms with Crippen molar-refractivity contribution in [3.63, 3.8) is 0 Å². The quantitative estimate of drug-likeness (QED) is 0.561. The number of nitrogens with one attached hydrogen (secondary N) is 1. The van der Waals surface area contributed by atoms with Gasteiger partial charge < -0.3 is 15.0 Å². The van der Waals surface area contributed by atoms with Crippen LogP contribution in [0.25, 0.3) is 0 Å². The third-order valence-corrected chi connectivity index (χ3v) is 5.00. The number of hydrogen-bond acceptors (Lipinski definition) is 5. The Balaban J connectivity index is 1.50. The number of carbonyl (C=O) groups is 3. The zero-order valence-corrected chi connectivity index (χ0v) is 15.6. The van der Waals surface area contributed by atoms with Gasteiger partial charge in [0.1, 0.15) is 6.54 Å². The van der Waals surface area contributed by atoms with Gasteiger partial charge in [0.05, 0.1) is 18.8 Å². The van der Waals surface area contributed by atoms with E-state index in [1.807, 2.05) is 18.2 Å². The number of benzene rings is 1. The Bertz CT molecular complexity index is 674. The number of imide groups is 1. The van der Waals surface area contributed by atoms with Crippen LogP contribution in [0.1, 0.15) is 12.8 Å². The normalized spacial score (nSPS) is 19.0. The van der Waals surface area contributed by atoms with Gasteiger partial charge in [-0.25, -0.2) is 9.69 Å². The van der Waals surface area contributed by atoms with Gasteiger partial charge in [0, 0.05) is 32.8 Å². The number of ether oxygens (including phenoxy) is 1. The third-order valence-electron chi connectivity index (χ3n) is 5.00. The molecule has 0 spiro atoms. The zero-order valence-electron chi connectivity index (χ0n) is 15.6. The smallest absolute Gasteiger partial charge is 0.332 e. The van der Waals surface area contributed by atoms with Crippen LogP contribution in [0.15, 0.2) is 30.3 Å². The minimum Gasteiger partial charge on any atom is -0.383 e. The van der Waals surface area contributed by atoms with Crippen LogP contribution in [0.3, 0.4) is 0 Å². The van der Waals surface area contributed by atoms with Gasteiger partial charge in [-0.2, -0.15) is 0 Å². The molecule has 0 atom stereocenters. The topological polar surface area (TPSA) is 82.2 Å². The average molecular weight is 374 g/mol. The summed E-state index contributed by atoms with van der Waals surface area (Å²) >= 11 is 0. The molecule has 27 heavy (non-hydrogen) atoms. The Morgan fingerprint density at radius 3 is 2.56 bits per heavy atom. The molecule has 1 N–H and O–H groups in total. The van der Waals surface area contributed by atoms with E-state index in [2.05, 4.69) is 10.2 Å². The summed E-state index contributed by atoms with van der Waals surface area (Å²) in [5.41, 5.74) is 0.611. The Hall–Kier alpha value is -2.45. The maximum absolute atomic E-state index is 12.8. The van der Waals surface area contributed by atoms with Crippen LogP contribution in [0.4, 0.5) is 10.5 Å². The van der Waals surface area contributed by atoms with Crippen molar-refractivity contribution in [3.8, 4) is 0 Å². The van der Waals surface area contributed by atoms with Gasteiger partial charge >= 0.3 is 6.03 Å². The molecule has 0 radical (unpaired) electrons. The third kappa shape index (κ3) is 4.64. The van der Waals surface area contributed by atoms with Crippen LogP contribution in [0.2, 0.25) is 0 Å². The van der Waals surface area contributed by atoms with Crippen molar-refractivity contribution in [2.24, 2.45) is 0 Å². The predicted molar refractivity (Wildman–Crippen MR) is 100 cm³/mol. The highest BCUT2D eigenvalue weighted by Gasteiger charge is 2.41. The van der Waals surface area contributed by atoms with Crippen LogP contribution in [-0.4, -0.2) is 80.1 Å². The van der Waals surface area contributed by atoms with E-state index in [-0.39, 0.29) is 30.4 Å². The first-order valence-corrected chi connectivity index (χ1v) is 9.26. The second-order valence-corrected chi connectivity index (χ2v) is 6.83. The summed E-state index contributed by atoms with van der Waals surface area (Å²) in [6, 6.07) is 8.80. The maximum Gasteiger partial charge on any atom is 0.332 e. The van der Waals surface area contributed by atoms with Crippen molar-refractivity contribution in [1.82, 2.24) is 15.1 Å². The average Bonchev–Trinajstić information content (AvgIpc) is 2.97. The van der Waals surface area contributed by atoms with Crippen molar-refractivity contribution in [2.45, 2.75) is 18.9 Å². The highest BCUT2D eigenvalue weighted by molar-refractivity contribution is 6.19. The van der Waals surface area contributed by atoms with Crippen molar-refractivity contribution in [1.29, 1.82) is 0 Å². The molecule has 0 aliphatic carbocycles. The molecule has 2 aliphatic rings. The van der Waals surface area contributed by atoms with Crippen LogP contribution in [-0.2, 0) is 14.3 Å². The molecular formula is C19H26N4O4. The summed E-state index contributed by atoms with van der Waals surface area (Å²) in [5, 5.41) is 2.81. The van der Waals surface area contributed by atoms with Gasteiger partial charge in [0.2, 0.25) is 5.91 Å². The van der Waals surface area contributed by atoms with Crippen LogP contribution in [0.5, 0.6) is 0 Å². The lowest BCUT2D eigenvalue weighted by Crippen LogP contribution is -2.48. The van der Waals surface area contributed by atoms with E-state index in [9.17, 15) is 14.4 Å². The number of likely N-dealkylation sites (tertiary alicyclic amines) is 1. The van der Waals surface area contributed by atoms with Gasteiger partial charge in [-0.1, -0.05) is 18.2 Å². The molecular weight excluding hydrogens is 348 g/mol. The number of hydrogen-bond donors (Lipinski definition) is 1. The molecule has 1 aromatic carbocycles. The monoisotopic (exact) mass is 374 g/mol. The Labute approximate surface area is 159 Å². The Morgan fingerprint density at radius 1 is 1.19 bits per heavy atom. The SMILES string of the molecule is COCCNC(=O)CN1CCC(N2CC(=O)N(c3ccccc3)C2=O)CC1. The summed E-state index contributed by atoms with van der Waals surface area (Å²) < 4.78 is 4.92. The molecule has 2 saturated heterocycles. The number of methoxy groups -OCH3 is 1. The molecule has 8 heteroatoms. The van der Waals surface area contributed by atoms with Gasteiger partial charge in [-0.05, 0) is 25.0 Å². The van der Waals surface area contributed by atoms with E-state index >= 15 is 0 Å². The van der Waals surface area contributed by atoms with Gasteiger partial charge in [-0.15, -0.1) is 0 Å². The lowest BCUT2D eigenvalue weighted by molar-refractivity contribution is -0.122. The fourth-order valence-corrected chi connectivity index (χ4v) is 3.58. The summed E-state index contributed by atoms with van der Waals surface area (Å²) in [6.07, 6.45) is 1.51. The van der Waals surface area contributed by atoms with Crippen LogP contribution >= 0.6 is 0 Å². The van der Waals surface area contributed by atoms with Crippen molar-refractivity contribution >= 4 is 23.5 Å². The molecule has 0 aromatic heterocycles. The molecule has 3 rings (SSSR count). The molecule has 8 nitrogen and oxygen atoms in total. The summed E-state index contributed by atoms with van der Waals surface area (Å²) in [4.78, 5) is 42.0. The number of urea groups is 1. The molecule has 0 bridgehead atoms. The summed E-state index contributed by atoms with van der Waals surface area (Å²) in [5.74, 6) is -0.209. The molecule has 2 heterocycles. The minimum absolute atomic E-state index is 0.0202. The minimum atomic E-state index is -0.248. The summed E-state index contributed by atoms with van der Waals surface area (Å²) in [6.45, 7) is 2.93. The molecule has 2 aliphatic heterocycles. The molecule has 1 aromatic rings. The van der Waals surface area contributed by atoms with Crippen molar-refractivity contribution in [2.75, 3.05) is 51.3 Å². The van der Waals surface area contributed by atoms with Crippen molar-refractivity contribution < 1.29 is 19.1 Å². The molecule has 0 saturated carbocycles. The predicted octanol–water partition coefficient (Wildman–Crippen LogP) is 0.682. The highest BCUT2D eigenvalue weighted by atomic mass is 16.5. The standard InChI is InChI=1S/C19H26N4O4/c1-27-12-9-20-17(24)13-21-10-7-15(8-11-21)22-14-18(25)23(19(22)26)16-5-3-2-4-6-16/h2-6,15H,7-14H2,1H3,(H,20,24). The Kier molecular flexibility index (Phi) is 6.41. The van der Waals surface area contributed by atoms with E-state index in [4.69, 9.17) is 4.74 Å². The van der Waals surface area contributed by atoms with Crippen LogP contribution < -0.4 is 10.2 Å². The largest absolute Gasteiger partial charge is 0.383 e. The number of anilines is 1. The second kappa shape index (κ2) is 8.96. The number of piperidine rings is 1. The number of para-hydroxylation sites is 1. The van der Waals surface area contributed by atoms with E-state index < -0.39 is 0 Å². The maximum atomic E-state index is 12.8. The zero-order chi connectivity index (χ0) is 19.2. The van der Waals surface area contributed by atoms with Crippen molar-refractivity contribution in [3.05, 3.63) is 30.3 Å². The first kappa shape index (κ1) is 19.3. The van der Waals surface area contributed by atoms with E-state index in [1.165, 1.54) is 4.90 Å². The Morgan fingerprint density at radius 2 is 1.89 bits per heavy atom. The van der Waals surface area contributed by atoms with Gasteiger partial charge in [-0.3, -0.25) is 14.5 Å². The van der Waals surface area contributed by atoms with E-state index in [1.54, 1.807) is 24.1 Å². The molecule has 146 valence electrons. The molecule has 2 fully saturated rings. The second-order valence-electron chi connectivity index (χ2n) is 6.83. The van der Waals surface area contributed by atoms with E-state index in [0.29, 0.717) is 25.4 Å².